The van der Waals surface area contributed by atoms with Gasteiger partial charge in [0.2, 0.25) is 6.41 Å². The van der Waals surface area contributed by atoms with Gasteiger partial charge in [-0.05, 0) is 12.2 Å². The number of carbonyl (C=O) groups is 1. The maximum Gasteiger partial charge on any atom is 0.209 e. The molecular weight excluding hydrogens is 152 g/mol. The topological polar surface area (TPSA) is 32.3 Å². The summed E-state index contributed by atoms with van der Waals surface area (Å²) >= 11 is 0. The molecule has 0 aromatic rings. The Labute approximate surface area is 73.1 Å². The molecule has 0 aliphatic carbocycles. The normalized spacial score (nSPS) is 12.2. The lowest BCUT2D eigenvalue weighted by atomic mass is 10.5. The molecule has 3 nitrogen and oxygen atoms in total. The molecule has 12 heavy (non-hydrogen) atoms. The van der Waals surface area contributed by atoms with Crippen LogP contribution in [0.4, 0.5) is 0 Å². The summed E-state index contributed by atoms with van der Waals surface area (Å²) in [6.07, 6.45) is 12.3. The molecule has 0 unspecified atom stereocenters. The van der Waals surface area contributed by atoms with Crippen molar-refractivity contribution >= 4 is 6.41 Å². The van der Waals surface area contributed by atoms with Crippen LogP contribution in [0.25, 0.3) is 0 Å². The largest absolute Gasteiger partial charge is 0.368 e. The van der Waals surface area contributed by atoms with Crippen molar-refractivity contribution in [1.29, 1.82) is 0 Å². The second kappa shape index (κ2) is 7.60. The third-order valence-electron chi connectivity index (χ3n) is 0.929. The lowest BCUT2D eigenvalue weighted by Crippen LogP contribution is -2.06. The van der Waals surface area contributed by atoms with Crippen molar-refractivity contribution < 1.29 is 4.79 Å². The summed E-state index contributed by atoms with van der Waals surface area (Å²) in [5.74, 6) is 0. The van der Waals surface area contributed by atoms with Crippen LogP contribution in [-0.2, 0) is 4.79 Å². The van der Waals surface area contributed by atoms with Gasteiger partial charge >= 0.3 is 0 Å². The highest BCUT2D eigenvalue weighted by atomic mass is 16.1. The van der Waals surface area contributed by atoms with Crippen LogP contribution in [0.1, 0.15) is 0 Å². The first-order chi connectivity index (χ1) is 5.77. The van der Waals surface area contributed by atoms with E-state index >= 15 is 0 Å². The van der Waals surface area contributed by atoms with Crippen molar-refractivity contribution in [3.05, 3.63) is 36.7 Å². The molecule has 1 aliphatic rings. The molecule has 0 saturated heterocycles. The number of rotatable bonds is 1. The van der Waals surface area contributed by atoms with Crippen LogP contribution >= 0.6 is 0 Å². The smallest absolute Gasteiger partial charge is 0.209 e. The van der Waals surface area contributed by atoms with Gasteiger partial charge in [-0.1, -0.05) is 12.2 Å². The molecule has 0 aromatic heterocycles. The zero-order valence-corrected chi connectivity index (χ0v) is 7.40. The van der Waals surface area contributed by atoms with Gasteiger partial charge in [0, 0.05) is 26.5 Å². The van der Waals surface area contributed by atoms with E-state index in [4.69, 9.17) is 0 Å². The highest BCUT2D eigenvalue weighted by Gasteiger charge is 1.68. The Bertz CT molecular complexity index is 179. The lowest BCUT2D eigenvalue weighted by molar-refractivity contribution is -0.115. The fourth-order valence-electron chi connectivity index (χ4n) is 0.406. The summed E-state index contributed by atoms with van der Waals surface area (Å²) in [4.78, 5) is 10.9. The standard InChI is InChI=1S/C6H7N.C3H7NO/c1-2-4-6-7-5-3-1;1-4(2)3-5/h1-7H;3H,1-2H3. The van der Waals surface area contributed by atoms with E-state index in [2.05, 4.69) is 5.32 Å². The van der Waals surface area contributed by atoms with Gasteiger partial charge in [0.05, 0.1) is 0 Å². The Morgan fingerprint density at radius 2 is 1.50 bits per heavy atom. The highest BCUT2D eigenvalue weighted by molar-refractivity contribution is 5.45. The van der Waals surface area contributed by atoms with E-state index in [1.807, 2.05) is 36.7 Å². The summed E-state index contributed by atoms with van der Waals surface area (Å²) in [6.45, 7) is 0. The lowest BCUT2D eigenvalue weighted by Gasteiger charge is -1.93. The third kappa shape index (κ3) is 8.49. The molecule has 0 saturated carbocycles. The molecule has 0 atom stereocenters. The average Bonchev–Trinajstić information content (AvgIpc) is 2.35. The van der Waals surface area contributed by atoms with E-state index in [9.17, 15) is 4.79 Å². The van der Waals surface area contributed by atoms with Crippen molar-refractivity contribution in [3.63, 3.8) is 0 Å². The van der Waals surface area contributed by atoms with Gasteiger partial charge < -0.3 is 10.2 Å². The molecule has 1 heterocycles. The van der Waals surface area contributed by atoms with Crippen molar-refractivity contribution in [1.82, 2.24) is 10.2 Å². The average molecular weight is 166 g/mol. The van der Waals surface area contributed by atoms with Gasteiger partial charge in [0.15, 0.2) is 0 Å². The molecule has 1 rings (SSSR count). The van der Waals surface area contributed by atoms with Crippen molar-refractivity contribution in [3.8, 4) is 0 Å². The van der Waals surface area contributed by atoms with Crippen LogP contribution in [-0.4, -0.2) is 25.4 Å². The number of nitrogens with one attached hydrogen (secondary N) is 1. The third-order valence-corrected chi connectivity index (χ3v) is 0.929. The van der Waals surface area contributed by atoms with Gasteiger partial charge in [-0.3, -0.25) is 4.79 Å². The second-order valence-corrected chi connectivity index (χ2v) is 2.34. The number of hydrogen-bond donors (Lipinski definition) is 1. The first-order valence-electron chi connectivity index (χ1n) is 3.63. The van der Waals surface area contributed by atoms with Crippen molar-refractivity contribution in [2.45, 2.75) is 0 Å². The maximum absolute atomic E-state index is 9.43. The van der Waals surface area contributed by atoms with Gasteiger partial charge in [-0.2, -0.15) is 0 Å². The van der Waals surface area contributed by atoms with Crippen LogP contribution in [0.5, 0.6) is 0 Å². The van der Waals surface area contributed by atoms with Gasteiger partial charge in [-0.15, -0.1) is 0 Å². The number of hydrogen-bond acceptors (Lipinski definition) is 2. The number of nitrogens with zero attached hydrogens (tertiary/aromatic N) is 1. The molecule has 1 aliphatic heterocycles. The van der Waals surface area contributed by atoms with Crippen molar-refractivity contribution in [2.24, 2.45) is 0 Å². The minimum Gasteiger partial charge on any atom is -0.368 e. The molecule has 1 N–H and O–H groups in total. The SMILES string of the molecule is C1=CC=CNC=C1.CN(C)C=O. The number of allylic oxidation sites excluding steroid dienone is 4. The van der Waals surface area contributed by atoms with Gasteiger partial charge in [0.1, 0.15) is 0 Å². The molecule has 1 amide bonds. The zero-order valence-electron chi connectivity index (χ0n) is 7.40. The Morgan fingerprint density at radius 3 is 1.83 bits per heavy atom. The first-order valence-corrected chi connectivity index (χ1v) is 3.63. The summed E-state index contributed by atoms with van der Waals surface area (Å²) in [5.41, 5.74) is 0. The van der Waals surface area contributed by atoms with Gasteiger partial charge in [0.25, 0.3) is 0 Å². The highest BCUT2D eigenvalue weighted by Crippen LogP contribution is 1.81. The minimum absolute atomic E-state index is 0.750. The Balaban J connectivity index is 0.000000217. The summed E-state index contributed by atoms with van der Waals surface area (Å²) < 4.78 is 0. The van der Waals surface area contributed by atoms with Crippen LogP contribution in [0.15, 0.2) is 36.7 Å². The molecule has 66 valence electrons. The first kappa shape index (κ1) is 10.5. The van der Waals surface area contributed by atoms with Crippen LogP contribution in [0.2, 0.25) is 0 Å². The fourth-order valence-corrected chi connectivity index (χ4v) is 0.406. The molecule has 0 bridgehead atoms. The summed E-state index contributed by atoms with van der Waals surface area (Å²) in [6, 6.07) is 0. The minimum atomic E-state index is 0.750. The predicted octanol–water partition coefficient (Wildman–Crippen LogP) is 0.878. The Kier molecular flexibility index (Phi) is 6.64. The molecule has 3 heteroatoms. The number of amides is 1. The van der Waals surface area contributed by atoms with Crippen LogP contribution in [0.3, 0.4) is 0 Å². The van der Waals surface area contributed by atoms with Crippen LogP contribution in [0, 0.1) is 0 Å². The molecule has 0 spiro atoms. The van der Waals surface area contributed by atoms with E-state index in [1.54, 1.807) is 14.1 Å². The predicted molar refractivity (Wildman–Crippen MR) is 50.3 cm³/mol. The molecule has 0 aromatic carbocycles. The summed E-state index contributed by atoms with van der Waals surface area (Å²) in [5, 5.41) is 2.92. The fraction of sp³-hybridized carbons (Fsp3) is 0.222. The zero-order chi connectivity index (χ0) is 9.23. The maximum atomic E-state index is 9.43. The van der Waals surface area contributed by atoms with Crippen molar-refractivity contribution in [2.75, 3.05) is 14.1 Å². The van der Waals surface area contributed by atoms with E-state index < -0.39 is 0 Å². The Morgan fingerprint density at radius 1 is 1.08 bits per heavy atom. The second-order valence-electron chi connectivity index (χ2n) is 2.34. The quantitative estimate of drug-likeness (QED) is 0.586. The van der Waals surface area contributed by atoms with E-state index in [1.165, 1.54) is 4.90 Å². The summed E-state index contributed by atoms with van der Waals surface area (Å²) in [7, 11) is 3.38. The monoisotopic (exact) mass is 166 g/mol. The molecule has 0 radical (unpaired) electrons. The van der Waals surface area contributed by atoms with Crippen LogP contribution < -0.4 is 5.32 Å². The number of carbonyl (C=O) groups excluding carboxylic acids is 1. The molecule has 0 fully saturated rings. The molecular formula is C9H14N2O. The van der Waals surface area contributed by atoms with E-state index in [-0.39, 0.29) is 0 Å². The van der Waals surface area contributed by atoms with E-state index in [0.717, 1.165) is 6.41 Å². The Hall–Kier alpha value is -1.51. The van der Waals surface area contributed by atoms with E-state index in [0.29, 0.717) is 0 Å². The van der Waals surface area contributed by atoms with Gasteiger partial charge in [-0.25, -0.2) is 0 Å².